The molecule has 2 aliphatic heterocycles. The van der Waals surface area contributed by atoms with Crippen molar-refractivity contribution in [2.24, 2.45) is 17.8 Å². The van der Waals surface area contributed by atoms with Gasteiger partial charge in [0.1, 0.15) is 29.2 Å². The number of fused-ring (bicyclic) bond motifs is 1. The predicted molar refractivity (Wildman–Crippen MR) is 224 cm³/mol. The first-order valence-electron chi connectivity index (χ1n) is 20.9. The fourth-order valence-electron chi connectivity index (χ4n) is 8.54. The zero-order valence-corrected chi connectivity index (χ0v) is 36.7. The Kier molecular flexibility index (Phi) is 16.5. The van der Waals surface area contributed by atoms with Gasteiger partial charge in [0, 0.05) is 48.3 Å². The summed E-state index contributed by atoms with van der Waals surface area (Å²) in [6.07, 6.45) is -6.15. The number of halogens is 6. The maximum atomic E-state index is 13.0. The molecule has 3 aliphatic carbocycles. The Morgan fingerprint density at radius 1 is 0.877 bits per heavy atom. The largest absolute Gasteiger partial charge is 0.458 e. The Bertz CT molecular complexity index is 2090. The van der Waals surface area contributed by atoms with E-state index in [4.69, 9.17) is 23.7 Å². The molecule has 2 aromatic rings. The van der Waals surface area contributed by atoms with Gasteiger partial charge in [0.05, 0.1) is 5.92 Å². The second-order valence-corrected chi connectivity index (χ2v) is 16.9. The summed E-state index contributed by atoms with van der Waals surface area (Å²) in [5.74, 6) is -0.919. The summed E-state index contributed by atoms with van der Waals surface area (Å²) < 4.78 is 104. The molecular formula is C48H54F6O11. The molecule has 2 saturated heterocycles. The van der Waals surface area contributed by atoms with Crippen LogP contribution in [0.3, 0.4) is 0 Å². The summed E-state index contributed by atoms with van der Waals surface area (Å²) in [5, 5.41) is 9.47. The molecule has 6 atom stereocenters. The van der Waals surface area contributed by atoms with Gasteiger partial charge in [-0.2, -0.15) is 26.3 Å². The molecule has 65 heavy (non-hydrogen) atoms. The minimum Gasteiger partial charge on any atom is -0.458 e. The van der Waals surface area contributed by atoms with Crippen molar-refractivity contribution in [3.05, 3.63) is 109 Å². The number of carbonyl (C=O) groups excluding carboxylic acids is 5. The highest BCUT2D eigenvalue weighted by Gasteiger charge is 2.73. The third-order valence-electron chi connectivity index (χ3n) is 12.1. The molecule has 5 fully saturated rings. The molecule has 0 aromatic heterocycles. The summed E-state index contributed by atoms with van der Waals surface area (Å²) in [6, 6.07) is 13.8. The summed E-state index contributed by atoms with van der Waals surface area (Å²) in [6.45, 7) is 20.8. The Labute approximate surface area is 373 Å². The highest BCUT2D eigenvalue weighted by atomic mass is 19.4. The van der Waals surface area contributed by atoms with Gasteiger partial charge in [0.15, 0.2) is 0 Å². The van der Waals surface area contributed by atoms with Crippen molar-refractivity contribution in [2.45, 2.75) is 127 Å². The van der Waals surface area contributed by atoms with Gasteiger partial charge in [-0.25, -0.2) is 14.4 Å². The van der Waals surface area contributed by atoms with Crippen LogP contribution < -0.4 is 4.74 Å². The van der Waals surface area contributed by atoms with Gasteiger partial charge in [0.25, 0.3) is 5.60 Å². The van der Waals surface area contributed by atoms with E-state index in [0.29, 0.717) is 22.8 Å². The highest BCUT2D eigenvalue weighted by Crippen LogP contribution is 2.56. The van der Waals surface area contributed by atoms with E-state index < -0.39 is 42.4 Å². The molecule has 1 N–H and O–H groups in total. The quantitative estimate of drug-likeness (QED) is 0.0797. The van der Waals surface area contributed by atoms with E-state index in [9.17, 15) is 55.4 Å². The van der Waals surface area contributed by atoms with E-state index >= 15 is 0 Å². The van der Waals surface area contributed by atoms with Crippen LogP contribution in [0.15, 0.2) is 97.6 Å². The van der Waals surface area contributed by atoms with Gasteiger partial charge in [-0.3, -0.25) is 9.59 Å². The van der Waals surface area contributed by atoms with Crippen molar-refractivity contribution in [1.82, 2.24) is 0 Å². The highest BCUT2D eigenvalue weighted by molar-refractivity contribution is 5.91. The van der Waals surface area contributed by atoms with Crippen molar-refractivity contribution in [1.29, 1.82) is 0 Å². The number of esters is 5. The molecule has 2 bridgehead atoms. The molecule has 0 amide bonds. The number of aliphatic hydroxyl groups is 1. The Morgan fingerprint density at radius 2 is 1.45 bits per heavy atom. The Hall–Kier alpha value is -5.71. The average Bonchev–Trinajstić information content (AvgIpc) is 4.05. The molecule has 6 unspecified atom stereocenters. The maximum Gasteiger partial charge on any atom is 0.426 e. The summed E-state index contributed by atoms with van der Waals surface area (Å²) >= 11 is 0. The van der Waals surface area contributed by atoms with Gasteiger partial charge in [0.2, 0.25) is 0 Å². The van der Waals surface area contributed by atoms with Crippen LogP contribution in [-0.2, 0) is 48.5 Å². The first-order valence-corrected chi connectivity index (χ1v) is 20.9. The monoisotopic (exact) mass is 920 g/mol. The Morgan fingerprint density at radius 3 is 1.91 bits per heavy atom. The number of benzene rings is 2. The van der Waals surface area contributed by atoms with Crippen LogP contribution in [0.1, 0.15) is 96.6 Å². The first kappa shape index (κ1) is 51.9. The molecular weight excluding hydrogens is 867 g/mol. The van der Waals surface area contributed by atoms with Crippen molar-refractivity contribution < 1.29 is 79.1 Å². The summed E-state index contributed by atoms with van der Waals surface area (Å²) in [7, 11) is 0. The third-order valence-corrected chi connectivity index (χ3v) is 12.1. The number of alkyl halides is 6. The normalized spacial score (nSPS) is 24.7. The molecule has 2 aromatic carbocycles. The average molecular weight is 921 g/mol. The van der Waals surface area contributed by atoms with E-state index in [0.717, 1.165) is 37.7 Å². The van der Waals surface area contributed by atoms with Crippen molar-refractivity contribution in [2.75, 3.05) is 0 Å². The van der Waals surface area contributed by atoms with E-state index in [-0.39, 0.29) is 64.7 Å². The van der Waals surface area contributed by atoms with Crippen LogP contribution in [0.4, 0.5) is 26.3 Å². The van der Waals surface area contributed by atoms with Gasteiger partial charge in [-0.05, 0) is 82.1 Å². The van der Waals surface area contributed by atoms with Gasteiger partial charge in [-0.1, -0.05) is 81.8 Å². The number of hydrogen-bond donors (Lipinski definition) is 1. The van der Waals surface area contributed by atoms with Gasteiger partial charge in [-0.15, -0.1) is 0 Å². The van der Waals surface area contributed by atoms with Crippen LogP contribution >= 0.6 is 0 Å². The second kappa shape index (κ2) is 20.6. The molecule has 11 nitrogen and oxygen atoms in total. The number of cyclic esters (lactones) is 1. The summed E-state index contributed by atoms with van der Waals surface area (Å²) in [4.78, 5) is 56.4. The van der Waals surface area contributed by atoms with Crippen molar-refractivity contribution in [3.63, 3.8) is 0 Å². The zero-order chi connectivity index (χ0) is 48.7. The van der Waals surface area contributed by atoms with E-state index in [2.05, 4.69) is 33.2 Å². The fraction of sp³-hybridized carbons (Fsp3) is 0.479. The van der Waals surface area contributed by atoms with Crippen LogP contribution in [0.5, 0.6) is 5.75 Å². The zero-order valence-electron chi connectivity index (χ0n) is 36.7. The fourth-order valence-corrected chi connectivity index (χ4v) is 8.54. The molecule has 2 heterocycles. The van der Waals surface area contributed by atoms with Gasteiger partial charge < -0.3 is 28.8 Å². The van der Waals surface area contributed by atoms with Crippen molar-refractivity contribution >= 4 is 35.9 Å². The smallest absolute Gasteiger partial charge is 0.426 e. The molecule has 354 valence electrons. The molecule has 7 rings (SSSR count). The molecule has 0 spiro atoms. The van der Waals surface area contributed by atoms with E-state index in [1.165, 1.54) is 50.1 Å². The predicted octanol–water partition coefficient (Wildman–Crippen LogP) is 9.77. The minimum atomic E-state index is -6.01. The summed E-state index contributed by atoms with van der Waals surface area (Å²) in [5.41, 5.74) is -5.99. The lowest BCUT2D eigenvalue weighted by Crippen LogP contribution is -2.60. The standard InChI is InChI=1S/C15H12F6O3.C12H14O4.C11H18O2.C10H10O2/c1-9-7-12(24-11(9)22,10-5-3-2-4-6-10)8-13(23,14(16,17)18)15(19,20)21;1-5(2)11(13)15-9-6-3-7-8(4-6)12(14)16-10(7)9;1-4-11(7-5-6-8-11)13-10(12)9(2)3;1-3-9-4-6-10(7-5-9)12-8(2)11/h2-6,23H,1,7-8H2;6-10H,1,3-4H2,2H3;2,4-8H2,1,3H3;3-7H,1H2,2H3. The Balaban J connectivity index is 0.000000198. The molecule has 3 saturated carbocycles. The molecule has 0 radical (unpaired) electrons. The third kappa shape index (κ3) is 12.2. The van der Waals surface area contributed by atoms with Crippen LogP contribution in [-0.4, -0.2) is 70.7 Å². The van der Waals surface area contributed by atoms with Crippen LogP contribution in [0.2, 0.25) is 0 Å². The molecule has 5 aliphatic rings. The molecule has 17 heteroatoms. The van der Waals surface area contributed by atoms with Crippen molar-refractivity contribution in [3.8, 4) is 5.75 Å². The lowest BCUT2D eigenvalue weighted by atomic mass is 9.79. The van der Waals surface area contributed by atoms with Crippen LogP contribution in [0.25, 0.3) is 6.08 Å². The lowest BCUT2D eigenvalue weighted by molar-refractivity contribution is -0.378. The second-order valence-electron chi connectivity index (χ2n) is 16.9. The lowest BCUT2D eigenvalue weighted by Gasteiger charge is -2.39. The van der Waals surface area contributed by atoms with Crippen LogP contribution in [0, 0.1) is 17.8 Å². The van der Waals surface area contributed by atoms with Gasteiger partial charge >= 0.3 is 42.2 Å². The van der Waals surface area contributed by atoms with E-state index in [1.807, 2.05) is 12.1 Å². The number of ether oxygens (including phenoxy) is 5. The maximum absolute atomic E-state index is 13.0. The first-order chi connectivity index (χ1) is 30.2. The van der Waals surface area contributed by atoms with E-state index in [1.54, 1.807) is 32.1 Å². The number of rotatable bonds is 10. The number of hydrogen-bond acceptors (Lipinski definition) is 11. The number of carbonyl (C=O) groups is 5. The topological polar surface area (TPSA) is 152 Å². The minimum absolute atomic E-state index is 0.0646. The SMILES string of the molecule is C=C(C)C(=O)OC1(CC)CCCC1.C=C(C)C(=O)OC1C2CC3C(=O)OC1C3C2.C=C1CC(CC(O)(C(F)(F)F)C(F)(F)F)(c2ccccc2)OC1=O.C=Cc1ccc(OC(C)=O)cc1.